The fourth-order valence-electron chi connectivity index (χ4n) is 2.15. The maximum atomic E-state index is 13.0. The topological polar surface area (TPSA) is 12.5 Å². The average Bonchev–Trinajstić information content (AvgIpc) is 2.66. The van der Waals surface area contributed by atoms with Gasteiger partial charge in [-0.3, -0.25) is 0 Å². The van der Waals surface area contributed by atoms with Gasteiger partial charge in [-0.2, -0.15) is 13.2 Å². The molecule has 1 heterocycles. The van der Waals surface area contributed by atoms with Crippen LogP contribution in [-0.4, -0.2) is 26.3 Å². The van der Waals surface area contributed by atoms with Crippen LogP contribution in [0.4, 0.5) is 18.9 Å². The molecule has 0 aromatic heterocycles. The summed E-state index contributed by atoms with van der Waals surface area (Å²) < 4.78 is 44.3. The standard InChI is InChI=1S/C13H15BrF3NO/c14-9-10-2-3-11(8-12(10)13(15,16)17)18-4-1-6-19-7-5-18/h2-3,8H,1,4-7,9H2. The van der Waals surface area contributed by atoms with Gasteiger partial charge < -0.3 is 9.64 Å². The molecule has 1 saturated heterocycles. The third kappa shape index (κ3) is 3.63. The van der Waals surface area contributed by atoms with E-state index in [4.69, 9.17) is 4.74 Å². The molecule has 2 rings (SSSR count). The van der Waals surface area contributed by atoms with E-state index in [1.807, 2.05) is 4.90 Å². The molecule has 2 nitrogen and oxygen atoms in total. The fourth-order valence-corrected chi connectivity index (χ4v) is 2.63. The number of hydrogen-bond acceptors (Lipinski definition) is 2. The Kier molecular flexibility index (Phi) is 4.73. The minimum absolute atomic E-state index is 0.200. The van der Waals surface area contributed by atoms with Gasteiger partial charge in [0.15, 0.2) is 0 Å². The van der Waals surface area contributed by atoms with Crippen LogP contribution in [0.15, 0.2) is 18.2 Å². The van der Waals surface area contributed by atoms with Crippen molar-refractivity contribution in [3.05, 3.63) is 29.3 Å². The molecule has 0 N–H and O–H groups in total. The van der Waals surface area contributed by atoms with Crippen molar-refractivity contribution in [1.82, 2.24) is 0 Å². The predicted molar refractivity (Wildman–Crippen MR) is 71.7 cm³/mol. The Bertz CT molecular complexity index is 428. The zero-order valence-electron chi connectivity index (χ0n) is 10.3. The summed E-state index contributed by atoms with van der Waals surface area (Å²) in [5.74, 6) is 0. The molecule has 0 atom stereocenters. The fraction of sp³-hybridized carbons (Fsp3) is 0.538. The van der Waals surface area contributed by atoms with E-state index in [2.05, 4.69) is 15.9 Å². The number of rotatable bonds is 2. The van der Waals surface area contributed by atoms with Crippen molar-refractivity contribution >= 4 is 21.6 Å². The molecule has 0 radical (unpaired) electrons. The van der Waals surface area contributed by atoms with Crippen molar-refractivity contribution in [2.24, 2.45) is 0 Å². The molecule has 19 heavy (non-hydrogen) atoms. The summed E-state index contributed by atoms with van der Waals surface area (Å²) in [6.45, 7) is 2.58. The molecule has 1 aliphatic rings. The quantitative estimate of drug-likeness (QED) is 0.760. The Hall–Kier alpha value is -0.750. The molecular weight excluding hydrogens is 323 g/mol. The molecule has 106 valence electrons. The van der Waals surface area contributed by atoms with Gasteiger partial charge in [-0.15, -0.1) is 0 Å². The second kappa shape index (κ2) is 6.13. The maximum absolute atomic E-state index is 13.0. The van der Waals surface area contributed by atoms with Crippen LogP contribution in [0.1, 0.15) is 17.5 Å². The summed E-state index contributed by atoms with van der Waals surface area (Å²) in [7, 11) is 0. The Labute approximate surface area is 118 Å². The normalized spacial score (nSPS) is 17.4. The predicted octanol–water partition coefficient (Wildman–Crippen LogP) is 3.83. The Balaban J connectivity index is 2.31. The zero-order valence-corrected chi connectivity index (χ0v) is 11.9. The number of alkyl halides is 4. The lowest BCUT2D eigenvalue weighted by Crippen LogP contribution is -2.26. The molecule has 0 unspecified atom stereocenters. The Morgan fingerprint density at radius 2 is 2.00 bits per heavy atom. The van der Waals surface area contributed by atoms with E-state index >= 15 is 0 Å². The van der Waals surface area contributed by atoms with Crippen LogP contribution in [0.2, 0.25) is 0 Å². The third-order valence-electron chi connectivity index (χ3n) is 3.13. The third-order valence-corrected chi connectivity index (χ3v) is 3.73. The van der Waals surface area contributed by atoms with Crippen LogP contribution < -0.4 is 4.90 Å². The van der Waals surface area contributed by atoms with Crippen LogP contribution in [-0.2, 0) is 16.2 Å². The monoisotopic (exact) mass is 337 g/mol. The SMILES string of the molecule is FC(F)(F)c1cc(N2CCCOCC2)ccc1CBr. The first-order valence-electron chi connectivity index (χ1n) is 6.11. The van der Waals surface area contributed by atoms with Gasteiger partial charge >= 0.3 is 6.18 Å². The minimum atomic E-state index is -4.32. The van der Waals surface area contributed by atoms with E-state index in [0.717, 1.165) is 13.0 Å². The summed E-state index contributed by atoms with van der Waals surface area (Å²) in [4.78, 5) is 1.94. The molecule has 0 amide bonds. The van der Waals surface area contributed by atoms with Gasteiger partial charge in [-0.1, -0.05) is 22.0 Å². The first kappa shape index (κ1) is 14.7. The lowest BCUT2D eigenvalue weighted by molar-refractivity contribution is -0.138. The van der Waals surface area contributed by atoms with E-state index in [1.54, 1.807) is 12.1 Å². The minimum Gasteiger partial charge on any atom is -0.380 e. The van der Waals surface area contributed by atoms with E-state index in [0.29, 0.717) is 25.4 Å². The summed E-state index contributed by atoms with van der Waals surface area (Å²) in [6, 6.07) is 4.53. The van der Waals surface area contributed by atoms with Crippen molar-refractivity contribution in [1.29, 1.82) is 0 Å². The van der Waals surface area contributed by atoms with E-state index < -0.39 is 11.7 Å². The highest BCUT2D eigenvalue weighted by Gasteiger charge is 2.33. The number of anilines is 1. The summed E-state index contributed by atoms with van der Waals surface area (Å²) >= 11 is 3.10. The second-order valence-corrected chi connectivity index (χ2v) is 4.99. The summed E-state index contributed by atoms with van der Waals surface area (Å²) in [6.07, 6.45) is -3.48. The molecule has 1 aliphatic heterocycles. The molecular formula is C13H15BrF3NO. The van der Waals surface area contributed by atoms with Crippen LogP contribution in [0.5, 0.6) is 0 Å². The van der Waals surface area contributed by atoms with E-state index in [9.17, 15) is 13.2 Å². The zero-order chi connectivity index (χ0) is 13.9. The first-order valence-corrected chi connectivity index (χ1v) is 7.23. The molecule has 0 aliphatic carbocycles. The largest absolute Gasteiger partial charge is 0.416 e. The summed E-state index contributed by atoms with van der Waals surface area (Å²) in [5, 5.41) is 0.200. The Morgan fingerprint density at radius 3 is 2.68 bits per heavy atom. The number of ether oxygens (including phenoxy) is 1. The van der Waals surface area contributed by atoms with Crippen molar-refractivity contribution in [3.8, 4) is 0 Å². The molecule has 1 aromatic rings. The molecule has 1 aromatic carbocycles. The summed E-state index contributed by atoms with van der Waals surface area (Å²) in [5.41, 5.74) is 0.317. The molecule has 6 heteroatoms. The van der Waals surface area contributed by atoms with Gasteiger partial charge in [0.2, 0.25) is 0 Å². The first-order chi connectivity index (χ1) is 9.02. The maximum Gasteiger partial charge on any atom is 0.416 e. The lowest BCUT2D eigenvalue weighted by Gasteiger charge is -2.24. The molecule has 1 fully saturated rings. The highest BCUT2D eigenvalue weighted by molar-refractivity contribution is 9.08. The highest BCUT2D eigenvalue weighted by Crippen LogP contribution is 2.35. The van der Waals surface area contributed by atoms with Crippen LogP contribution in [0.3, 0.4) is 0 Å². The van der Waals surface area contributed by atoms with Gasteiger partial charge in [0.25, 0.3) is 0 Å². The van der Waals surface area contributed by atoms with E-state index in [-0.39, 0.29) is 10.9 Å². The molecule has 0 spiro atoms. The molecule has 0 bridgehead atoms. The second-order valence-electron chi connectivity index (χ2n) is 4.43. The number of halogens is 4. The van der Waals surface area contributed by atoms with Crippen molar-refractivity contribution in [2.45, 2.75) is 17.9 Å². The van der Waals surface area contributed by atoms with Gasteiger partial charge in [0.05, 0.1) is 12.2 Å². The van der Waals surface area contributed by atoms with E-state index in [1.165, 1.54) is 6.07 Å². The number of hydrogen-bond donors (Lipinski definition) is 0. The van der Waals surface area contributed by atoms with Gasteiger partial charge in [-0.25, -0.2) is 0 Å². The highest BCUT2D eigenvalue weighted by atomic mass is 79.9. The van der Waals surface area contributed by atoms with Crippen LogP contribution in [0.25, 0.3) is 0 Å². The number of benzene rings is 1. The van der Waals surface area contributed by atoms with Crippen LogP contribution >= 0.6 is 15.9 Å². The number of nitrogens with zero attached hydrogens (tertiary/aromatic N) is 1. The lowest BCUT2D eigenvalue weighted by atomic mass is 10.1. The smallest absolute Gasteiger partial charge is 0.380 e. The van der Waals surface area contributed by atoms with Gasteiger partial charge in [0.1, 0.15) is 0 Å². The van der Waals surface area contributed by atoms with Crippen molar-refractivity contribution in [2.75, 3.05) is 31.2 Å². The molecule has 0 saturated carbocycles. The van der Waals surface area contributed by atoms with Crippen molar-refractivity contribution < 1.29 is 17.9 Å². The Morgan fingerprint density at radius 1 is 1.21 bits per heavy atom. The van der Waals surface area contributed by atoms with Gasteiger partial charge in [-0.05, 0) is 24.1 Å². The van der Waals surface area contributed by atoms with Gasteiger partial charge in [0, 0.05) is 30.7 Å². The van der Waals surface area contributed by atoms with Crippen molar-refractivity contribution in [3.63, 3.8) is 0 Å². The van der Waals surface area contributed by atoms with Crippen LogP contribution in [0, 0.1) is 0 Å². The average molecular weight is 338 g/mol.